The third-order valence-electron chi connectivity index (χ3n) is 2.57. The van der Waals surface area contributed by atoms with Gasteiger partial charge in [0.15, 0.2) is 0 Å². The predicted octanol–water partition coefficient (Wildman–Crippen LogP) is 4.28. The van der Waals surface area contributed by atoms with Crippen molar-refractivity contribution in [2.45, 2.75) is 6.92 Å². The van der Waals surface area contributed by atoms with Crippen LogP contribution >= 0.6 is 15.9 Å². The SMILES string of the molecule is Cc1ccc(N)cc1-c1c(F)ccc(Br)c1F. The van der Waals surface area contributed by atoms with E-state index in [1.165, 1.54) is 12.1 Å². The molecule has 0 aromatic heterocycles. The number of rotatable bonds is 1. The number of benzene rings is 2. The highest BCUT2D eigenvalue weighted by molar-refractivity contribution is 9.10. The van der Waals surface area contributed by atoms with Crippen molar-refractivity contribution in [3.05, 3.63) is 52.0 Å². The minimum atomic E-state index is -0.612. The van der Waals surface area contributed by atoms with Crippen molar-refractivity contribution in [1.82, 2.24) is 0 Å². The second-order valence-corrected chi connectivity index (χ2v) is 4.65. The fourth-order valence-electron chi connectivity index (χ4n) is 1.68. The molecule has 17 heavy (non-hydrogen) atoms. The molecule has 1 nitrogen and oxygen atoms in total. The fourth-order valence-corrected chi connectivity index (χ4v) is 2.01. The maximum absolute atomic E-state index is 13.9. The zero-order valence-corrected chi connectivity index (χ0v) is 10.7. The Bertz CT molecular complexity index is 582. The van der Waals surface area contributed by atoms with Crippen LogP contribution in [0.5, 0.6) is 0 Å². The number of nitrogen functional groups attached to an aromatic ring is 1. The van der Waals surface area contributed by atoms with Gasteiger partial charge in [0.1, 0.15) is 11.6 Å². The van der Waals surface area contributed by atoms with E-state index in [1.807, 2.05) is 0 Å². The Morgan fingerprint density at radius 3 is 2.53 bits per heavy atom. The van der Waals surface area contributed by atoms with Gasteiger partial charge >= 0.3 is 0 Å². The summed E-state index contributed by atoms with van der Waals surface area (Å²) in [6.45, 7) is 1.79. The highest BCUT2D eigenvalue weighted by Gasteiger charge is 2.16. The molecule has 0 aliphatic carbocycles. The Morgan fingerprint density at radius 1 is 1.12 bits per heavy atom. The van der Waals surface area contributed by atoms with Crippen molar-refractivity contribution in [2.75, 3.05) is 5.73 Å². The molecular weight excluding hydrogens is 288 g/mol. The molecule has 0 saturated heterocycles. The van der Waals surface area contributed by atoms with Gasteiger partial charge < -0.3 is 5.73 Å². The first kappa shape index (κ1) is 12.0. The largest absolute Gasteiger partial charge is 0.399 e. The molecular formula is C13H10BrF2N. The number of anilines is 1. The number of nitrogens with two attached hydrogens (primary N) is 1. The third kappa shape index (κ3) is 2.17. The summed E-state index contributed by atoms with van der Waals surface area (Å²) in [5.41, 5.74) is 7.32. The molecule has 0 aliphatic rings. The molecule has 0 amide bonds. The van der Waals surface area contributed by atoms with E-state index in [0.717, 1.165) is 5.56 Å². The highest BCUT2D eigenvalue weighted by atomic mass is 79.9. The predicted molar refractivity (Wildman–Crippen MR) is 68.6 cm³/mol. The zero-order valence-electron chi connectivity index (χ0n) is 9.10. The molecule has 0 unspecified atom stereocenters. The Morgan fingerprint density at radius 2 is 1.82 bits per heavy atom. The van der Waals surface area contributed by atoms with Gasteiger partial charge in [0.25, 0.3) is 0 Å². The van der Waals surface area contributed by atoms with Crippen LogP contribution in [0.25, 0.3) is 11.1 Å². The molecule has 0 fully saturated rings. The van der Waals surface area contributed by atoms with Gasteiger partial charge in [-0.15, -0.1) is 0 Å². The quantitative estimate of drug-likeness (QED) is 0.617. The molecule has 0 saturated carbocycles. The molecule has 2 aromatic rings. The lowest BCUT2D eigenvalue weighted by molar-refractivity contribution is 0.585. The van der Waals surface area contributed by atoms with E-state index in [0.29, 0.717) is 11.3 Å². The van der Waals surface area contributed by atoms with Crippen molar-refractivity contribution in [3.8, 4) is 11.1 Å². The van der Waals surface area contributed by atoms with Crippen LogP contribution in [0.3, 0.4) is 0 Å². The first-order valence-corrected chi connectivity index (χ1v) is 5.80. The van der Waals surface area contributed by atoms with Gasteiger partial charge in [-0.1, -0.05) is 6.07 Å². The van der Waals surface area contributed by atoms with Gasteiger partial charge in [-0.05, 0) is 58.2 Å². The van der Waals surface area contributed by atoms with Crippen molar-refractivity contribution in [3.63, 3.8) is 0 Å². The molecule has 0 aliphatic heterocycles. The summed E-state index contributed by atoms with van der Waals surface area (Å²) in [5, 5.41) is 0. The molecule has 88 valence electrons. The normalized spacial score (nSPS) is 10.6. The standard InChI is InChI=1S/C13H10BrF2N/c1-7-2-3-8(17)6-9(7)12-11(15)5-4-10(14)13(12)16/h2-6H,17H2,1H3. The summed E-state index contributed by atoms with van der Waals surface area (Å²) in [7, 11) is 0. The summed E-state index contributed by atoms with van der Waals surface area (Å²) in [5.74, 6) is -1.21. The van der Waals surface area contributed by atoms with Gasteiger partial charge in [-0.25, -0.2) is 8.78 Å². The van der Waals surface area contributed by atoms with Gasteiger partial charge in [0.2, 0.25) is 0 Å². The smallest absolute Gasteiger partial charge is 0.148 e. The Hall–Kier alpha value is -1.42. The van der Waals surface area contributed by atoms with Crippen LogP contribution in [0.15, 0.2) is 34.8 Å². The highest BCUT2D eigenvalue weighted by Crippen LogP contribution is 2.33. The number of hydrogen-bond donors (Lipinski definition) is 1. The molecule has 2 rings (SSSR count). The lowest BCUT2D eigenvalue weighted by Crippen LogP contribution is -1.95. The maximum Gasteiger partial charge on any atom is 0.148 e. The first-order chi connectivity index (χ1) is 8.00. The van der Waals surface area contributed by atoms with E-state index in [1.54, 1.807) is 25.1 Å². The monoisotopic (exact) mass is 297 g/mol. The van der Waals surface area contributed by atoms with Crippen LogP contribution in [0.2, 0.25) is 0 Å². The number of hydrogen-bond acceptors (Lipinski definition) is 1. The summed E-state index contributed by atoms with van der Waals surface area (Å²) in [6, 6.07) is 7.58. The van der Waals surface area contributed by atoms with Crippen LogP contribution in [0, 0.1) is 18.6 Å². The topological polar surface area (TPSA) is 26.0 Å². The molecule has 0 bridgehead atoms. The summed E-state index contributed by atoms with van der Waals surface area (Å²) >= 11 is 3.05. The van der Waals surface area contributed by atoms with Crippen molar-refractivity contribution in [1.29, 1.82) is 0 Å². The van der Waals surface area contributed by atoms with Gasteiger partial charge in [0, 0.05) is 5.69 Å². The van der Waals surface area contributed by atoms with Crippen LogP contribution in [-0.4, -0.2) is 0 Å². The Kier molecular flexibility index (Phi) is 3.15. The van der Waals surface area contributed by atoms with Crippen LogP contribution in [-0.2, 0) is 0 Å². The van der Waals surface area contributed by atoms with E-state index in [-0.39, 0.29) is 10.0 Å². The Labute approximate surface area is 106 Å². The molecule has 0 spiro atoms. The average Bonchev–Trinajstić information content (AvgIpc) is 2.29. The van der Waals surface area contributed by atoms with Crippen molar-refractivity contribution in [2.24, 2.45) is 0 Å². The third-order valence-corrected chi connectivity index (χ3v) is 3.19. The molecule has 4 heteroatoms. The van der Waals surface area contributed by atoms with Crippen LogP contribution in [0.4, 0.5) is 14.5 Å². The number of aryl methyl sites for hydroxylation is 1. The minimum Gasteiger partial charge on any atom is -0.399 e. The lowest BCUT2D eigenvalue weighted by atomic mass is 9.99. The van der Waals surface area contributed by atoms with Crippen LogP contribution < -0.4 is 5.73 Å². The van der Waals surface area contributed by atoms with Gasteiger partial charge in [0.05, 0.1) is 10.0 Å². The summed E-state index contributed by atoms with van der Waals surface area (Å²) < 4.78 is 27.9. The summed E-state index contributed by atoms with van der Waals surface area (Å²) in [6.07, 6.45) is 0. The van der Waals surface area contributed by atoms with E-state index in [2.05, 4.69) is 15.9 Å². The fraction of sp³-hybridized carbons (Fsp3) is 0.0769. The first-order valence-electron chi connectivity index (χ1n) is 5.00. The van der Waals surface area contributed by atoms with E-state index < -0.39 is 11.6 Å². The maximum atomic E-state index is 13.9. The van der Waals surface area contributed by atoms with Crippen molar-refractivity contribution >= 4 is 21.6 Å². The van der Waals surface area contributed by atoms with Crippen molar-refractivity contribution < 1.29 is 8.78 Å². The molecule has 0 atom stereocenters. The second kappa shape index (κ2) is 4.45. The van der Waals surface area contributed by atoms with E-state index in [9.17, 15) is 8.78 Å². The average molecular weight is 298 g/mol. The second-order valence-electron chi connectivity index (χ2n) is 3.79. The molecule has 2 N–H and O–H groups in total. The zero-order chi connectivity index (χ0) is 12.6. The molecule has 2 aromatic carbocycles. The Balaban J connectivity index is 2.76. The summed E-state index contributed by atoms with van der Waals surface area (Å²) in [4.78, 5) is 0. The van der Waals surface area contributed by atoms with E-state index >= 15 is 0 Å². The number of halogens is 3. The van der Waals surface area contributed by atoms with E-state index in [4.69, 9.17) is 5.73 Å². The molecule has 0 radical (unpaired) electrons. The van der Waals surface area contributed by atoms with Gasteiger partial charge in [-0.3, -0.25) is 0 Å². The van der Waals surface area contributed by atoms with Gasteiger partial charge in [-0.2, -0.15) is 0 Å². The molecule has 0 heterocycles. The minimum absolute atomic E-state index is 0.0517. The lowest BCUT2D eigenvalue weighted by Gasteiger charge is -2.10. The van der Waals surface area contributed by atoms with Crippen LogP contribution in [0.1, 0.15) is 5.56 Å².